The number of carboxylic acids is 1. The van der Waals surface area contributed by atoms with Crippen LogP contribution < -0.4 is 5.32 Å². The molecule has 0 bridgehead atoms. The normalized spacial score (nSPS) is 17.0. The zero-order valence-electron chi connectivity index (χ0n) is 12.5. The van der Waals surface area contributed by atoms with Crippen molar-refractivity contribution in [2.45, 2.75) is 44.8 Å². The number of hydrogen-bond donors (Lipinski definition) is 2. The molecule has 1 aliphatic rings. The van der Waals surface area contributed by atoms with Gasteiger partial charge in [-0.25, -0.2) is 9.78 Å². The Balaban J connectivity index is 2.18. The van der Waals surface area contributed by atoms with E-state index in [0.717, 1.165) is 25.0 Å². The first kappa shape index (κ1) is 17.2. The van der Waals surface area contributed by atoms with Crippen LogP contribution in [-0.2, 0) is 0 Å². The average molecular weight is 330 g/mol. The molecule has 1 amide bonds. The van der Waals surface area contributed by atoms with Gasteiger partial charge in [-0.3, -0.25) is 4.79 Å². The van der Waals surface area contributed by atoms with Crippen LogP contribution in [0.1, 0.15) is 52.2 Å². The zero-order chi connectivity index (χ0) is 17.2. The van der Waals surface area contributed by atoms with Gasteiger partial charge in [0.15, 0.2) is 0 Å². The minimum Gasteiger partial charge on any atom is -0.478 e. The molecule has 1 saturated carbocycles. The predicted molar refractivity (Wildman–Crippen MR) is 75.2 cm³/mol. The van der Waals surface area contributed by atoms with Crippen molar-refractivity contribution in [3.05, 3.63) is 29.1 Å². The van der Waals surface area contributed by atoms with E-state index in [4.69, 9.17) is 5.11 Å². The number of carboxylic acid groups (broad SMARTS) is 1. The fourth-order valence-corrected chi connectivity index (χ4v) is 2.89. The van der Waals surface area contributed by atoms with Crippen molar-refractivity contribution in [3.8, 4) is 0 Å². The quantitative estimate of drug-likeness (QED) is 0.889. The van der Waals surface area contributed by atoms with Gasteiger partial charge in [-0.2, -0.15) is 13.2 Å². The van der Waals surface area contributed by atoms with Crippen LogP contribution in [0.3, 0.4) is 0 Å². The maximum atomic E-state index is 13.2. The number of halogens is 3. The number of nitrogens with zero attached hydrogens (tertiary/aromatic N) is 1. The maximum absolute atomic E-state index is 13.2. The van der Waals surface area contributed by atoms with E-state index in [1.165, 1.54) is 6.92 Å². The smallest absolute Gasteiger partial charge is 0.408 e. The fourth-order valence-electron chi connectivity index (χ4n) is 2.89. The summed E-state index contributed by atoms with van der Waals surface area (Å²) in [5.41, 5.74) is -0.237. The summed E-state index contributed by atoms with van der Waals surface area (Å²) >= 11 is 0. The molecule has 0 spiro atoms. The van der Waals surface area contributed by atoms with Gasteiger partial charge in [0, 0.05) is 0 Å². The van der Waals surface area contributed by atoms with Gasteiger partial charge in [0.1, 0.15) is 11.7 Å². The molecule has 8 heteroatoms. The Labute approximate surface area is 130 Å². The fraction of sp³-hybridized carbons (Fsp3) is 0.533. The average Bonchev–Trinajstić information content (AvgIpc) is 2.96. The van der Waals surface area contributed by atoms with E-state index in [9.17, 15) is 22.8 Å². The SMILES string of the molecule is Cc1nc(C(=O)NC(C2CCCC2)C(F)(F)F)ccc1C(=O)O. The second kappa shape index (κ2) is 6.55. The molecule has 0 saturated heterocycles. The number of rotatable bonds is 4. The summed E-state index contributed by atoms with van der Waals surface area (Å²) in [7, 11) is 0. The molecule has 1 aromatic heterocycles. The van der Waals surface area contributed by atoms with E-state index in [0.29, 0.717) is 12.8 Å². The van der Waals surface area contributed by atoms with Crippen molar-refractivity contribution in [1.29, 1.82) is 0 Å². The van der Waals surface area contributed by atoms with Gasteiger partial charge in [-0.1, -0.05) is 12.8 Å². The van der Waals surface area contributed by atoms with E-state index >= 15 is 0 Å². The first-order chi connectivity index (χ1) is 10.7. The minimum absolute atomic E-state index is 0.0783. The molecule has 1 unspecified atom stereocenters. The highest BCUT2D eigenvalue weighted by Crippen LogP contribution is 2.35. The Bertz CT molecular complexity index is 610. The van der Waals surface area contributed by atoms with Gasteiger partial charge in [0.05, 0.1) is 11.3 Å². The van der Waals surface area contributed by atoms with Crippen LogP contribution in [0.2, 0.25) is 0 Å². The highest BCUT2D eigenvalue weighted by atomic mass is 19.4. The number of aromatic carboxylic acids is 1. The second-order valence-electron chi connectivity index (χ2n) is 5.67. The highest BCUT2D eigenvalue weighted by Gasteiger charge is 2.46. The van der Waals surface area contributed by atoms with Gasteiger partial charge in [0.25, 0.3) is 5.91 Å². The Morgan fingerprint density at radius 2 is 1.91 bits per heavy atom. The summed E-state index contributed by atoms with van der Waals surface area (Å²) in [5, 5.41) is 10.9. The van der Waals surface area contributed by atoms with Crippen molar-refractivity contribution in [2.75, 3.05) is 0 Å². The summed E-state index contributed by atoms with van der Waals surface area (Å²) in [6, 6.07) is 0.379. The highest BCUT2D eigenvalue weighted by molar-refractivity contribution is 5.94. The lowest BCUT2D eigenvalue weighted by atomic mass is 9.97. The van der Waals surface area contributed by atoms with E-state index in [1.807, 2.05) is 5.32 Å². The van der Waals surface area contributed by atoms with Crippen molar-refractivity contribution in [3.63, 3.8) is 0 Å². The molecular weight excluding hydrogens is 313 g/mol. The maximum Gasteiger partial charge on any atom is 0.408 e. The number of nitrogens with one attached hydrogen (secondary N) is 1. The summed E-state index contributed by atoms with van der Waals surface area (Å²) in [5.74, 6) is -2.78. The topological polar surface area (TPSA) is 79.3 Å². The molecule has 126 valence electrons. The first-order valence-electron chi connectivity index (χ1n) is 7.28. The van der Waals surface area contributed by atoms with Crippen LogP contribution in [-0.4, -0.2) is 34.2 Å². The van der Waals surface area contributed by atoms with Crippen molar-refractivity contribution < 1.29 is 27.9 Å². The molecular formula is C15H17F3N2O3. The molecule has 0 aliphatic heterocycles. The van der Waals surface area contributed by atoms with Crippen molar-refractivity contribution in [1.82, 2.24) is 10.3 Å². The number of carbonyl (C=O) groups excluding carboxylic acids is 1. The number of amides is 1. The Hall–Kier alpha value is -2.12. The molecule has 1 aromatic rings. The number of hydrogen-bond acceptors (Lipinski definition) is 3. The summed E-state index contributed by atoms with van der Waals surface area (Å²) in [6.45, 7) is 1.39. The number of aryl methyl sites for hydroxylation is 1. The molecule has 1 aliphatic carbocycles. The van der Waals surface area contributed by atoms with Crippen LogP contribution in [0.25, 0.3) is 0 Å². The number of carbonyl (C=O) groups is 2. The zero-order valence-corrected chi connectivity index (χ0v) is 12.5. The molecule has 1 heterocycles. The molecule has 23 heavy (non-hydrogen) atoms. The number of alkyl halides is 3. The van der Waals surface area contributed by atoms with Crippen LogP contribution in [0.4, 0.5) is 13.2 Å². The van der Waals surface area contributed by atoms with Crippen LogP contribution in [0, 0.1) is 12.8 Å². The van der Waals surface area contributed by atoms with Gasteiger partial charge >= 0.3 is 12.1 Å². The Morgan fingerprint density at radius 1 is 1.30 bits per heavy atom. The van der Waals surface area contributed by atoms with Gasteiger partial charge in [-0.15, -0.1) is 0 Å². The molecule has 2 N–H and O–H groups in total. The molecule has 1 atom stereocenters. The van der Waals surface area contributed by atoms with Crippen molar-refractivity contribution in [2.24, 2.45) is 5.92 Å². The molecule has 0 radical (unpaired) electrons. The van der Waals surface area contributed by atoms with Gasteiger partial charge in [0.2, 0.25) is 0 Å². The van der Waals surface area contributed by atoms with Gasteiger partial charge < -0.3 is 10.4 Å². The number of aromatic nitrogens is 1. The van der Waals surface area contributed by atoms with E-state index < -0.39 is 30.0 Å². The lowest BCUT2D eigenvalue weighted by Crippen LogP contribution is -2.49. The molecule has 5 nitrogen and oxygen atoms in total. The summed E-state index contributed by atoms with van der Waals surface area (Å²) < 4.78 is 39.6. The third kappa shape index (κ3) is 4.00. The summed E-state index contributed by atoms with van der Waals surface area (Å²) in [6.07, 6.45) is -2.24. The van der Waals surface area contributed by atoms with E-state index in [2.05, 4.69) is 4.98 Å². The van der Waals surface area contributed by atoms with E-state index in [-0.39, 0.29) is 17.0 Å². The van der Waals surface area contributed by atoms with Crippen LogP contribution in [0.5, 0.6) is 0 Å². The number of pyridine rings is 1. The van der Waals surface area contributed by atoms with Crippen LogP contribution in [0.15, 0.2) is 12.1 Å². The lowest BCUT2D eigenvalue weighted by Gasteiger charge is -2.26. The molecule has 1 fully saturated rings. The first-order valence-corrected chi connectivity index (χ1v) is 7.28. The second-order valence-corrected chi connectivity index (χ2v) is 5.67. The standard InChI is InChI=1S/C15H17F3N2O3/c1-8-10(14(22)23)6-7-11(19-8)13(21)20-12(15(16,17)18)9-4-2-3-5-9/h6-7,9,12H,2-5H2,1H3,(H,20,21)(H,22,23). The summed E-state index contributed by atoms with van der Waals surface area (Å²) in [4.78, 5) is 26.8. The van der Waals surface area contributed by atoms with Crippen LogP contribution >= 0.6 is 0 Å². The molecule has 2 rings (SSSR count). The Kier molecular flexibility index (Phi) is 4.91. The molecule has 0 aromatic carbocycles. The monoisotopic (exact) mass is 330 g/mol. The minimum atomic E-state index is -4.53. The van der Waals surface area contributed by atoms with E-state index in [1.54, 1.807) is 0 Å². The lowest BCUT2D eigenvalue weighted by molar-refractivity contribution is -0.164. The largest absolute Gasteiger partial charge is 0.478 e. The third-order valence-electron chi connectivity index (χ3n) is 4.06. The Morgan fingerprint density at radius 3 is 2.39 bits per heavy atom. The third-order valence-corrected chi connectivity index (χ3v) is 4.06. The van der Waals surface area contributed by atoms with Crippen molar-refractivity contribution >= 4 is 11.9 Å². The van der Waals surface area contributed by atoms with Gasteiger partial charge in [-0.05, 0) is 37.8 Å². The predicted octanol–water partition coefficient (Wildman–Crippen LogP) is 2.94.